The fourth-order valence-corrected chi connectivity index (χ4v) is 2.77. The second kappa shape index (κ2) is 6.61. The summed E-state index contributed by atoms with van der Waals surface area (Å²) in [5.41, 5.74) is 4.11. The molecule has 18 heavy (non-hydrogen) atoms. The molecule has 104 valence electrons. The molecular formula is C13H25N3OS. The molecule has 0 fully saturated rings. The van der Waals surface area contributed by atoms with E-state index >= 15 is 0 Å². The summed E-state index contributed by atoms with van der Waals surface area (Å²) in [7, 11) is 1.72. The van der Waals surface area contributed by atoms with Gasteiger partial charge in [0, 0.05) is 30.4 Å². The minimum absolute atomic E-state index is 0.111. The topological polar surface area (TPSA) is 60.2 Å². The Hall–Kier alpha value is -0.490. The number of hydrogen-bond acceptors (Lipinski definition) is 5. The molecule has 0 spiro atoms. The Morgan fingerprint density at radius 2 is 2.17 bits per heavy atom. The maximum Gasteiger partial charge on any atom is 0.0944 e. The number of aromatic nitrogens is 1. The molecule has 5 heteroatoms. The summed E-state index contributed by atoms with van der Waals surface area (Å²) < 4.78 is 5.27. The maximum absolute atomic E-state index is 5.59. The van der Waals surface area contributed by atoms with Crippen LogP contribution in [-0.4, -0.2) is 24.2 Å². The first-order valence-corrected chi connectivity index (χ1v) is 7.18. The van der Waals surface area contributed by atoms with Crippen LogP contribution < -0.4 is 11.3 Å². The summed E-state index contributed by atoms with van der Waals surface area (Å²) >= 11 is 1.71. The Labute approximate surface area is 114 Å². The van der Waals surface area contributed by atoms with Crippen molar-refractivity contribution in [1.29, 1.82) is 0 Å². The van der Waals surface area contributed by atoms with E-state index in [-0.39, 0.29) is 17.6 Å². The van der Waals surface area contributed by atoms with E-state index in [4.69, 9.17) is 10.6 Å². The van der Waals surface area contributed by atoms with E-state index < -0.39 is 0 Å². The standard InChI is InChI=1S/C13H25N3OS/c1-9(17-5)6-10(16-14)7-12-15-11(8-18-12)13(2,3)4/h8-10,16H,6-7,14H2,1-5H3. The average Bonchev–Trinajstić information content (AvgIpc) is 2.76. The molecule has 2 atom stereocenters. The first-order valence-electron chi connectivity index (χ1n) is 6.30. The first kappa shape index (κ1) is 15.6. The Bertz CT molecular complexity index is 359. The number of hydrogen-bond donors (Lipinski definition) is 2. The van der Waals surface area contributed by atoms with E-state index in [9.17, 15) is 0 Å². The molecule has 0 aliphatic carbocycles. The van der Waals surface area contributed by atoms with E-state index in [1.54, 1.807) is 18.4 Å². The molecule has 1 aromatic rings. The molecule has 3 N–H and O–H groups in total. The van der Waals surface area contributed by atoms with Gasteiger partial charge in [-0.2, -0.15) is 0 Å². The predicted molar refractivity (Wildman–Crippen MR) is 76.7 cm³/mol. The van der Waals surface area contributed by atoms with Gasteiger partial charge in [-0.25, -0.2) is 4.98 Å². The van der Waals surface area contributed by atoms with Crippen molar-refractivity contribution in [2.75, 3.05) is 7.11 Å². The van der Waals surface area contributed by atoms with Crippen LogP contribution in [0.15, 0.2) is 5.38 Å². The van der Waals surface area contributed by atoms with Crippen LogP contribution in [0.2, 0.25) is 0 Å². The summed E-state index contributed by atoms with van der Waals surface area (Å²) in [5.74, 6) is 5.59. The number of rotatable bonds is 6. The average molecular weight is 271 g/mol. The van der Waals surface area contributed by atoms with Crippen molar-refractivity contribution >= 4 is 11.3 Å². The number of hydrazine groups is 1. The minimum Gasteiger partial charge on any atom is -0.382 e. The highest BCUT2D eigenvalue weighted by Crippen LogP contribution is 2.24. The van der Waals surface area contributed by atoms with E-state index in [0.29, 0.717) is 0 Å². The zero-order valence-electron chi connectivity index (χ0n) is 12.0. The summed E-state index contributed by atoms with van der Waals surface area (Å²) in [6.07, 6.45) is 1.94. The van der Waals surface area contributed by atoms with Gasteiger partial charge in [-0.1, -0.05) is 20.8 Å². The van der Waals surface area contributed by atoms with Crippen LogP contribution in [0.1, 0.15) is 44.8 Å². The lowest BCUT2D eigenvalue weighted by Gasteiger charge is -2.18. The molecule has 1 heterocycles. The summed E-state index contributed by atoms with van der Waals surface area (Å²) in [5, 5.41) is 3.27. The predicted octanol–water partition coefficient (Wildman–Crippen LogP) is 2.24. The summed E-state index contributed by atoms with van der Waals surface area (Å²) in [6.45, 7) is 8.58. The van der Waals surface area contributed by atoms with E-state index in [0.717, 1.165) is 23.5 Å². The fourth-order valence-electron chi connectivity index (χ4n) is 1.67. The number of nitrogens with one attached hydrogen (secondary N) is 1. The van der Waals surface area contributed by atoms with Crippen molar-refractivity contribution in [3.05, 3.63) is 16.1 Å². The molecule has 1 aromatic heterocycles. The van der Waals surface area contributed by atoms with Gasteiger partial charge in [-0.15, -0.1) is 11.3 Å². The van der Waals surface area contributed by atoms with Gasteiger partial charge in [-0.05, 0) is 13.3 Å². The molecule has 0 amide bonds. The molecule has 0 radical (unpaired) electrons. The van der Waals surface area contributed by atoms with Crippen molar-refractivity contribution in [3.63, 3.8) is 0 Å². The number of thiazole rings is 1. The molecular weight excluding hydrogens is 246 g/mol. The smallest absolute Gasteiger partial charge is 0.0944 e. The lowest BCUT2D eigenvalue weighted by atomic mass is 9.93. The molecule has 1 rings (SSSR count). The van der Waals surface area contributed by atoms with Gasteiger partial charge >= 0.3 is 0 Å². The quantitative estimate of drug-likeness (QED) is 0.615. The van der Waals surface area contributed by atoms with Gasteiger partial charge in [0.2, 0.25) is 0 Å². The van der Waals surface area contributed by atoms with Crippen molar-refractivity contribution in [1.82, 2.24) is 10.4 Å². The number of nitrogens with two attached hydrogens (primary N) is 1. The van der Waals surface area contributed by atoms with E-state index in [2.05, 4.69) is 36.6 Å². The SMILES string of the molecule is COC(C)CC(Cc1nc(C(C)(C)C)cs1)NN. The van der Waals surface area contributed by atoms with Crippen LogP contribution in [0, 0.1) is 0 Å². The third-order valence-corrected chi connectivity index (χ3v) is 3.87. The molecule has 0 aromatic carbocycles. The van der Waals surface area contributed by atoms with Crippen LogP contribution in [0.3, 0.4) is 0 Å². The molecule has 2 unspecified atom stereocenters. The van der Waals surface area contributed by atoms with Crippen molar-refractivity contribution in [2.45, 2.75) is 58.1 Å². The van der Waals surface area contributed by atoms with E-state index in [1.807, 2.05) is 6.92 Å². The van der Waals surface area contributed by atoms with Crippen LogP contribution in [0.25, 0.3) is 0 Å². The molecule has 0 aliphatic heterocycles. The number of ether oxygens (including phenoxy) is 1. The zero-order chi connectivity index (χ0) is 13.8. The molecule has 0 saturated carbocycles. The third-order valence-electron chi connectivity index (χ3n) is 3.00. The largest absolute Gasteiger partial charge is 0.382 e. The van der Waals surface area contributed by atoms with Crippen LogP contribution >= 0.6 is 11.3 Å². The first-order chi connectivity index (χ1) is 8.36. The molecule has 0 bridgehead atoms. The van der Waals surface area contributed by atoms with Crippen LogP contribution in [0.5, 0.6) is 0 Å². The van der Waals surface area contributed by atoms with Gasteiger partial charge in [0.05, 0.1) is 16.8 Å². The lowest BCUT2D eigenvalue weighted by Crippen LogP contribution is -2.39. The molecule has 4 nitrogen and oxygen atoms in total. The maximum atomic E-state index is 5.59. The summed E-state index contributed by atoms with van der Waals surface area (Å²) in [4.78, 5) is 4.68. The van der Waals surface area contributed by atoms with Gasteiger partial charge in [0.15, 0.2) is 0 Å². The Morgan fingerprint density at radius 1 is 1.50 bits per heavy atom. The van der Waals surface area contributed by atoms with Crippen molar-refractivity contribution < 1.29 is 4.74 Å². The number of methoxy groups -OCH3 is 1. The van der Waals surface area contributed by atoms with Crippen molar-refractivity contribution in [2.24, 2.45) is 5.84 Å². The molecule has 0 aliphatic rings. The van der Waals surface area contributed by atoms with Crippen molar-refractivity contribution in [3.8, 4) is 0 Å². The second-order valence-corrected chi connectivity index (χ2v) is 6.67. The van der Waals surface area contributed by atoms with E-state index in [1.165, 1.54) is 0 Å². The Kier molecular flexibility index (Phi) is 5.72. The monoisotopic (exact) mass is 271 g/mol. The normalized spacial score (nSPS) is 15.7. The van der Waals surface area contributed by atoms with Gasteiger partial charge in [0.25, 0.3) is 0 Å². The third kappa shape index (κ3) is 4.65. The Balaban J connectivity index is 2.62. The zero-order valence-corrected chi connectivity index (χ0v) is 12.8. The van der Waals surface area contributed by atoms with Gasteiger partial charge < -0.3 is 4.74 Å². The highest BCUT2D eigenvalue weighted by Gasteiger charge is 2.19. The van der Waals surface area contributed by atoms with Gasteiger partial charge in [-0.3, -0.25) is 11.3 Å². The highest BCUT2D eigenvalue weighted by molar-refractivity contribution is 7.09. The second-order valence-electron chi connectivity index (χ2n) is 5.73. The fraction of sp³-hybridized carbons (Fsp3) is 0.769. The Morgan fingerprint density at radius 3 is 2.61 bits per heavy atom. The minimum atomic E-state index is 0.111. The molecule has 0 saturated heterocycles. The summed E-state index contributed by atoms with van der Waals surface area (Å²) in [6, 6.07) is 0.207. The van der Waals surface area contributed by atoms with Crippen LogP contribution in [0.4, 0.5) is 0 Å². The van der Waals surface area contributed by atoms with Crippen LogP contribution in [-0.2, 0) is 16.6 Å². The highest BCUT2D eigenvalue weighted by atomic mass is 32.1. The number of nitrogens with zero attached hydrogens (tertiary/aromatic N) is 1. The lowest BCUT2D eigenvalue weighted by molar-refractivity contribution is 0.100. The van der Waals surface area contributed by atoms with Gasteiger partial charge in [0.1, 0.15) is 0 Å².